The van der Waals surface area contributed by atoms with Gasteiger partial charge in [0.05, 0.1) is 19.3 Å². The number of hydrogen-bond acceptors (Lipinski definition) is 2. The Morgan fingerprint density at radius 1 is 1.30 bits per heavy atom. The zero-order valence-electron chi connectivity index (χ0n) is 12.7. The lowest BCUT2D eigenvalue weighted by Gasteiger charge is -2.35. The molecule has 0 heterocycles. The van der Waals surface area contributed by atoms with E-state index >= 15 is 0 Å². The molecule has 1 aromatic rings. The zero-order chi connectivity index (χ0) is 14.6. The van der Waals surface area contributed by atoms with Crippen molar-refractivity contribution < 1.29 is 9.47 Å². The van der Waals surface area contributed by atoms with Crippen molar-refractivity contribution in [3.05, 3.63) is 29.8 Å². The first-order valence-electron chi connectivity index (χ1n) is 7.39. The van der Waals surface area contributed by atoms with Crippen LogP contribution in [-0.2, 0) is 4.74 Å². The summed E-state index contributed by atoms with van der Waals surface area (Å²) in [5.74, 6) is 0.891. The highest BCUT2D eigenvalue weighted by molar-refractivity contribution is 9.09. The van der Waals surface area contributed by atoms with Crippen LogP contribution in [0.15, 0.2) is 24.3 Å². The van der Waals surface area contributed by atoms with Crippen molar-refractivity contribution in [2.45, 2.75) is 51.7 Å². The topological polar surface area (TPSA) is 18.5 Å². The van der Waals surface area contributed by atoms with Crippen molar-refractivity contribution in [1.82, 2.24) is 0 Å². The minimum absolute atomic E-state index is 0.108. The molecule has 0 saturated heterocycles. The molecule has 1 unspecified atom stereocenters. The average Bonchev–Trinajstić information content (AvgIpc) is 2.46. The second-order valence-electron chi connectivity index (χ2n) is 6.42. The molecule has 1 atom stereocenters. The molecule has 0 aromatic heterocycles. The zero-order valence-corrected chi connectivity index (χ0v) is 14.3. The summed E-state index contributed by atoms with van der Waals surface area (Å²) in [7, 11) is 1.70. The standard InChI is InChI=1S/C17H25BrO2/c1-17(2)9-7-14(8-10-17)20-16(12-18)13-5-4-6-15(11-13)19-3/h4-6,11,14,16H,7-10,12H2,1-3H3. The third-order valence-corrected chi connectivity index (χ3v) is 4.84. The molecule has 2 nitrogen and oxygen atoms in total. The Bertz CT molecular complexity index is 421. The molecule has 1 aliphatic carbocycles. The Kier molecular flexibility index (Phi) is 5.50. The molecule has 1 aliphatic rings. The van der Waals surface area contributed by atoms with Crippen molar-refractivity contribution >= 4 is 15.9 Å². The molecule has 1 saturated carbocycles. The van der Waals surface area contributed by atoms with Gasteiger partial charge in [0.15, 0.2) is 0 Å². The molecular weight excluding hydrogens is 316 g/mol. The highest BCUT2D eigenvalue weighted by atomic mass is 79.9. The Balaban J connectivity index is 1.98. The fourth-order valence-corrected chi connectivity index (χ4v) is 3.31. The lowest BCUT2D eigenvalue weighted by Crippen LogP contribution is -2.28. The minimum atomic E-state index is 0.108. The van der Waals surface area contributed by atoms with Gasteiger partial charge in [-0.05, 0) is 48.8 Å². The highest BCUT2D eigenvalue weighted by Gasteiger charge is 2.29. The van der Waals surface area contributed by atoms with Crippen LogP contribution in [-0.4, -0.2) is 18.5 Å². The van der Waals surface area contributed by atoms with Crippen LogP contribution in [0, 0.1) is 5.41 Å². The number of halogens is 1. The summed E-state index contributed by atoms with van der Waals surface area (Å²) in [4.78, 5) is 0. The van der Waals surface area contributed by atoms with Gasteiger partial charge in [-0.25, -0.2) is 0 Å². The summed E-state index contributed by atoms with van der Waals surface area (Å²) >= 11 is 3.58. The van der Waals surface area contributed by atoms with Gasteiger partial charge in [-0.2, -0.15) is 0 Å². The fourth-order valence-electron chi connectivity index (χ4n) is 2.79. The fraction of sp³-hybridized carbons (Fsp3) is 0.647. The molecule has 112 valence electrons. The van der Waals surface area contributed by atoms with Crippen molar-refractivity contribution in [2.24, 2.45) is 5.41 Å². The Morgan fingerprint density at radius 2 is 2.00 bits per heavy atom. The van der Waals surface area contributed by atoms with E-state index in [1.54, 1.807) is 7.11 Å². The number of ether oxygens (including phenoxy) is 2. The van der Waals surface area contributed by atoms with Crippen molar-refractivity contribution in [2.75, 3.05) is 12.4 Å². The summed E-state index contributed by atoms with van der Waals surface area (Å²) in [6.45, 7) is 4.71. The molecule has 2 rings (SSSR count). The first kappa shape index (κ1) is 15.8. The van der Waals surface area contributed by atoms with Crippen LogP contribution in [0.25, 0.3) is 0 Å². The van der Waals surface area contributed by atoms with Gasteiger partial charge in [-0.15, -0.1) is 0 Å². The van der Waals surface area contributed by atoms with Crippen LogP contribution in [0.1, 0.15) is 51.2 Å². The maximum atomic E-state index is 6.32. The number of methoxy groups -OCH3 is 1. The third kappa shape index (κ3) is 4.23. The van der Waals surface area contributed by atoms with E-state index < -0.39 is 0 Å². The Labute approximate surface area is 131 Å². The number of benzene rings is 1. The smallest absolute Gasteiger partial charge is 0.119 e. The van der Waals surface area contributed by atoms with Crippen LogP contribution >= 0.6 is 15.9 Å². The van der Waals surface area contributed by atoms with Crippen LogP contribution < -0.4 is 4.74 Å². The van der Waals surface area contributed by atoms with E-state index in [4.69, 9.17) is 9.47 Å². The van der Waals surface area contributed by atoms with Gasteiger partial charge in [0.25, 0.3) is 0 Å². The average molecular weight is 341 g/mol. The Hall–Kier alpha value is -0.540. The second-order valence-corrected chi connectivity index (χ2v) is 7.07. The van der Waals surface area contributed by atoms with Crippen molar-refractivity contribution in [1.29, 1.82) is 0 Å². The summed E-state index contributed by atoms with van der Waals surface area (Å²) in [5.41, 5.74) is 1.67. The highest BCUT2D eigenvalue weighted by Crippen LogP contribution is 2.38. The maximum absolute atomic E-state index is 6.32. The molecule has 3 heteroatoms. The molecule has 0 bridgehead atoms. The summed E-state index contributed by atoms with van der Waals surface area (Å²) < 4.78 is 11.6. The number of alkyl halides is 1. The molecule has 20 heavy (non-hydrogen) atoms. The Morgan fingerprint density at radius 3 is 2.60 bits per heavy atom. The van der Waals surface area contributed by atoms with Crippen molar-refractivity contribution in [3.63, 3.8) is 0 Å². The van der Waals surface area contributed by atoms with Crippen LogP contribution in [0.2, 0.25) is 0 Å². The SMILES string of the molecule is COc1cccc(C(CBr)OC2CCC(C)(C)CC2)c1. The van der Waals surface area contributed by atoms with Gasteiger partial charge in [0, 0.05) is 5.33 Å². The molecule has 1 aromatic carbocycles. The summed E-state index contributed by atoms with van der Waals surface area (Å²) in [6.07, 6.45) is 5.34. The van der Waals surface area contributed by atoms with Gasteiger partial charge in [0.2, 0.25) is 0 Å². The predicted molar refractivity (Wildman–Crippen MR) is 86.7 cm³/mol. The van der Waals surface area contributed by atoms with Gasteiger partial charge in [-0.3, -0.25) is 0 Å². The lowest BCUT2D eigenvalue weighted by atomic mass is 9.76. The molecule has 0 radical (unpaired) electrons. The molecule has 1 fully saturated rings. The minimum Gasteiger partial charge on any atom is -0.497 e. The molecule has 0 N–H and O–H groups in total. The van der Waals surface area contributed by atoms with E-state index in [1.165, 1.54) is 31.2 Å². The largest absolute Gasteiger partial charge is 0.497 e. The molecule has 0 aliphatic heterocycles. The van der Waals surface area contributed by atoms with E-state index in [9.17, 15) is 0 Å². The normalized spacial score (nSPS) is 20.6. The number of rotatable bonds is 5. The molecule has 0 amide bonds. The first-order chi connectivity index (χ1) is 9.54. The van der Waals surface area contributed by atoms with Gasteiger partial charge < -0.3 is 9.47 Å². The lowest BCUT2D eigenvalue weighted by molar-refractivity contribution is -0.0364. The summed E-state index contributed by atoms with van der Waals surface area (Å²) in [6, 6.07) is 8.18. The summed E-state index contributed by atoms with van der Waals surface area (Å²) in [5, 5.41) is 0.820. The van der Waals surface area contributed by atoms with E-state index in [0.717, 1.165) is 11.1 Å². The quantitative estimate of drug-likeness (QED) is 0.693. The molecular formula is C17H25BrO2. The van der Waals surface area contributed by atoms with E-state index in [0.29, 0.717) is 11.5 Å². The third-order valence-electron chi connectivity index (χ3n) is 4.25. The number of hydrogen-bond donors (Lipinski definition) is 0. The molecule has 0 spiro atoms. The van der Waals surface area contributed by atoms with Gasteiger partial charge in [-0.1, -0.05) is 41.9 Å². The van der Waals surface area contributed by atoms with Crippen LogP contribution in [0.4, 0.5) is 0 Å². The van der Waals surface area contributed by atoms with Crippen molar-refractivity contribution in [3.8, 4) is 5.75 Å². The van der Waals surface area contributed by atoms with E-state index in [-0.39, 0.29) is 6.10 Å². The second kappa shape index (κ2) is 6.95. The van der Waals surface area contributed by atoms with Gasteiger partial charge in [0.1, 0.15) is 5.75 Å². The van der Waals surface area contributed by atoms with E-state index in [2.05, 4.69) is 41.9 Å². The first-order valence-corrected chi connectivity index (χ1v) is 8.51. The van der Waals surface area contributed by atoms with E-state index in [1.807, 2.05) is 12.1 Å². The monoisotopic (exact) mass is 340 g/mol. The predicted octanol–water partition coefficient (Wildman–Crippen LogP) is 5.12. The van der Waals surface area contributed by atoms with Gasteiger partial charge >= 0.3 is 0 Å². The van der Waals surface area contributed by atoms with Crippen LogP contribution in [0.5, 0.6) is 5.75 Å². The maximum Gasteiger partial charge on any atom is 0.119 e. The van der Waals surface area contributed by atoms with Crippen LogP contribution in [0.3, 0.4) is 0 Å².